The van der Waals surface area contributed by atoms with E-state index in [-0.39, 0.29) is 6.42 Å². The number of hydrogen-bond acceptors (Lipinski definition) is 4. The molecule has 0 spiro atoms. The lowest BCUT2D eigenvalue weighted by Crippen LogP contribution is -2.44. The van der Waals surface area contributed by atoms with Crippen molar-refractivity contribution in [3.05, 3.63) is 29.8 Å². The molecule has 1 fully saturated rings. The van der Waals surface area contributed by atoms with Crippen molar-refractivity contribution in [2.45, 2.75) is 12.5 Å². The number of anilines is 1. The quantitative estimate of drug-likeness (QED) is 0.845. The van der Waals surface area contributed by atoms with Crippen molar-refractivity contribution in [3.63, 3.8) is 0 Å². The summed E-state index contributed by atoms with van der Waals surface area (Å²) < 4.78 is 0. The molecule has 19 heavy (non-hydrogen) atoms. The Labute approximate surface area is 113 Å². The van der Waals surface area contributed by atoms with Crippen LogP contribution in [0.25, 0.3) is 0 Å². The van der Waals surface area contributed by atoms with Gasteiger partial charge in [0.05, 0.1) is 6.42 Å². The second-order valence-electron chi connectivity index (χ2n) is 5.09. The van der Waals surface area contributed by atoms with Crippen LogP contribution in [-0.4, -0.2) is 49.2 Å². The highest BCUT2D eigenvalue weighted by atomic mass is 16.4. The maximum Gasteiger partial charge on any atom is 0.305 e. The number of carbonyl (C=O) groups is 1. The monoisotopic (exact) mass is 263 g/mol. The average Bonchev–Trinajstić information content (AvgIpc) is 2.39. The molecule has 2 rings (SSSR count). The molecule has 1 aliphatic rings. The molecule has 0 amide bonds. The van der Waals surface area contributed by atoms with Crippen LogP contribution in [0, 0.1) is 0 Å². The first-order valence-corrected chi connectivity index (χ1v) is 6.57. The highest BCUT2D eigenvalue weighted by Gasteiger charge is 2.15. The molecule has 1 atom stereocenters. The normalized spacial score (nSPS) is 18.3. The number of nitrogens with zero attached hydrogens (tertiary/aromatic N) is 2. The Hall–Kier alpha value is -1.59. The second kappa shape index (κ2) is 6.04. The van der Waals surface area contributed by atoms with Crippen molar-refractivity contribution in [1.29, 1.82) is 0 Å². The third kappa shape index (κ3) is 3.68. The van der Waals surface area contributed by atoms with Gasteiger partial charge in [0.2, 0.25) is 0 Å². The van der Waals surface area contributed by atoms with Gasteiger partial charge in [-0.25, -0.2) is 0 Å². The number of aliphatic carboxylic acids is 1. The fourth-order valence-electron chi connectivity index (χ4n) is 2.30. The first kappa shape index (κ1) is 13.8. The molecular formula is C14H21N3O2. The molecular weight excluding hydrogens is 242 g/mol. The Bertz CT molecular complexity index is 425. The summed E-state index contributed by atoms with van der Waals surface area (Å²) in [4.78, 5) is 15.3. The standard InChI is InChI=1S/C14H21N3O2/c1-16-6-8-17(9-7-16)12-4-2-11(3-5-12)13(15)10-14(18)19/h2-5,13H,6-10,15H2,1H3,(H,18,19). The Morgan fingerprint density at radius 2 is 1.84 bits per heavy atom. The number of benzene rings is 1. The number of carboxylic acid groups (broad SMARTS) is 1. The van der Waals surface area contributed by atoms with Gasteiger partial charge in [-0.2, -0.15) is 0 Å². The minimum atomic E-state index is -0.865. The van der Waals surface area contributed by atoms with Gasteiger partial charge in [-0.05, 0) is 24.7 Å². The van der Waals surface area contributed by atoms with E-state index >= 15 is 0 Å². The summed E-state index contributed by atoms with van der Waals surface area (Å²) in [6, 6.07) is 7.49. The van der Waals surface area contributed by atoms with E-state index in [4.69, 9.17) is 10.8 Å². The Morgan fingerprint density at radius 1 is 1.26 bits per heavy atom. The zero-order valence-corrected chi connectivity index (χ0v) is 11.2. The molecule has 0 radical (unpaired) electrons. The molecule has 0 aliphatic carbocycles. The van der Waals surface area contributed by atoms with E-state index in [1.54, 1.807) is 0 Å². The van der Waals surface area contributed by atoms with Gasteiger partial charge < -0.3 is 20.6 Å². The average molecular weight is 263 g/mol. The third-order valence-electron chi connectivity index (χ3n) is 3.58. The molecule has 1 saturated heterocycles. The highest BCUT2D eigenvalue weighted by molar-refractivity contribution is 5.68. The molecule has 0 bridgehead atoms. The molecule has 1 aromatic rings. The van der Waals surface area contributed by atoms with Crippen LogP contribution in [0.1, 0.15) is 18.0 Å². The summed E-state index contributed by atoms with van der Waals surface area (Å²) in [6.07, 6.45) is -0.0339. The maximum atomic E-state index is 10.6. The topological polar surface area (TPSA) is 69.8 Å². The molecule has 3 N–H and O–H groups in total. The Morgan fingerprint density at radius 3 is 2.37 bits per heavy atom. The number of hydrogen-bond donors (Lipinski definition) is 2. The number of rotatable bonds is 4. The molecule has 0 aromatic heterocycles. The molecule has 104 valence electrons. The van der Waals surface area contributed by atoms with E-state index in [2.05, 4.69) is 16.8 Å². The van der Waals surface area contributed by atoms with Gasteiger partial charge >= 0.3 is 5.97 Å². The molecule has 1 heterocycles. The Kier molecular flexibility index (Phi) is 4.39. The minimum Gasteiger partial charge on any atom is -0.481 e. The van der Waals surface area contributed by atoms with E-state index in [1.807, 2.05) is 24.3 Å². The fourth-order valence-corrected chi connectivity index (χ4v) is 2.30. The number of nitrogens with two attached hydrogens (primary N) is 1. The largest absolute Gasteiger partial charge is 0.481 e. The van der Waals surface area contributed by atoms with Crippen LogP contribution in [0.5, 0.6) is 0 Å². The van der Waals surface area contributed by atoms with Crippen molar-refractivity contribution in [1.82, 2.24) is 4.90 Å². The van der Waals surface area contributed by atoms with Gasteiger partial charge in [-0.15, -0.1) is 0 Å². The van der Waals surface area contributed by atoms with Crippen molar-refractivity contribution >= 4 is 11.7 Å². The van der Waals surface area contributed by atoms with Gasteiger partial charge in [0.25, 0.3) is 0 Å². The van der Waals surface area contributed by atoms with Crippen LogP contribution in [0.15, 0.2) is 24.3 Å². The number of piperazine rings is 1. The van der Waals surface area contributed by atoms with Gasteiger partial charge in [0.15, 0.2) is 0 Å². The summed E-state index contributed by atoms with van der Waals surface area (Å²) in [6.45, 7) is 4.19. The van der Waals surface area contributed by atoms with Crippen LogP contribution in [0.2, 0.25) is 0 Å². The number of carboxylic acids is 1. The van der Waals surface area contributed by atoms with Crippen molar-refractivity contribution in [3.8, 4) is 0 Å². The van der Waals surface area contributed by atoms with Crippen LogP contribution in [0.4, 0.5) is 5.69 Å². The van der Waals surface area contributed by atoms with Gasteiger partial charge in [0, 0.05) is 37.9 Å². The van der Waals surface area contributed by atoms with Gasteiger partial charge in [-0.3, -0.25) is 4.79 Å². The van der Waals surface area contributed by atoms with Crippen LogP contribution in [0.3, 0.4) is 0 Å². The number of likely N-dealkylation sites (N-methyl/N-ethyl adjacent to an activating group) is 1. The van der Waals surface area contributed by atoms with Crippen LogP contribution in [-0.2, 0) is 4.79 Å². The predicted molar refractivity (Wildman–Crippen MR) is 75.3 cm³/mol. The zero-order chi connectivity index (χ0) is 13.8. The lowest BCUT2D eigenvalue weighted by Gasteiger charge is -2.34. The first-order chi connectivity index (χ1) is 9.06. The Balaban J connectivity index is 2.00. The van der Waals surface area contributed by atoms with E-state index in [0.717, 1.165) is 31.7 Å². The summed E-state index contributed by atoms with van der Waals surface area (Å²) in [5.41, 5.74) is 7.90. The maximum absolute atomic E-state index is 10.6. The van der Waals surface area contributed by atoms with Crippen LogP contribution >= 0.6 is 0 Å². The molecule has 1 aliphatic heterocycles. The summed E-state index contributed by atoms with van der Waals surface area (Å²) >= 11 is 0. The summed E-state index contributed by atoms with van der Waals surface area (Å²) in [5.74, 6) is -0.865. The third-order valence-corrected chi connectivity index (χ3v) is 3.58. The summed E-state index contributed by atoms with van der Waals surface area (Å²) in [7, 11) is 2.13. The smallest absolute Gasteiger partial charge is 0.305 e. The predicted octanol–water partition coefficient (Wildman–Crippen LogP) is 0.913. The van der Waals surface area contributed by atoms with Gasteiger partial charge in [-0.1, -0.05) is 12.1 Å². The fraction of sp³-hybridized carbons (Fsp3) is 0.500. The van der Waals surface area contributed by atoms with Crippen molar-refractivity contribution < 1.29 is 9.90 Å². The zero-order valence-electron chi connectivity index (χ0n) is 11.2. The second-order valence-corrected chi connectivity index (χ2v) is 5.09. The van der Waals surface area contributed by atoms with Gasteiger partial charge in [0.1, 0.15) is 0 Å². The molecule has 5 heteroatoms. The molecule has 5 nitrogen and oxygen atoms in total. The lowest BCUT2D eigenvalue weighted by molar-refractivity contribution is -0.137. The van der Waals surface area contributed by atoms with Crippen molar-refractivity contribution in [2.24, 2.45) is 5.73 Å². The SMILES string of the molecule is CN1CCN(c2ccc(C(N)CC(=O)O)cc2)CC1. The molecule has 1 aromatic carbocycles. The van der Waals surface area contributed by atoms with Crippen LogP contribution < -0.4 is 10.6 Å². The van der Waals surface area contributed by atoms with Crippen molar-refractivity contribution in [2.75, 3.05) is 38.1 Å². The van der Waals surface area contributed by atoms with E-state index in [1.165, 1.54) is 5.69 Å². The van der Waals surface area contributed by atoms with E-state index < -0.39 is 12.0 Å². The lowest BCUT2D eigenvalue weighted by atomic mass is 10.0. The summed E-state index contributed by atoms with van der Waals surface area (Å²) in [5, 5.41) is 8.74. The highest BCUT2D eigenvalue weighted by Crippen LogP contribution is 2.20. The molecule has 1 unspecified atom stereocenters. The first-order valence-electron chi connectivity index (χ1n) is 6.57. The minimum absolute atomic E-state index is 0.0339. The molecule has 0 saturated carbocycles. The van der Waals surface area contributed by atoms with E-state index in [9.17, 15) is 4.79 Å². The van der Waals surface area contributed by atoms with E-state index in [0.29, 0.717) is 0 Å².